The number of carbonyl (C=O) groups excluding carboxylic acids is 1. The van der Waals surface area contributed by atoms with E-state index in [0.717, 1.165) is 37.2 Å². The van der Waals surface area contributed by atoms with Crippen LogP contribution in [0.1, 0.15) is 35.4 Å². The Hall–Kier alpha value is -2.21. The molecule has 1 aliphatic rings. The van der Waals surface area contributed by atoms with E-state index in [0.29, 0.717) is 11.7 Å². The Morgan fingerprint density at radius 1 is 1.43 bits per heavy atom. The molecule has 1 aromatic heterocycles. The predicted octanol–water partition coefficient (Wildman–Crippen LogP) is 1.63. The second-order valence-electron chi connectivity index (χ2n) is 5.26. The molecule has 1 fully saturated rings. The zero-order valence-electron chi connectivity index (χ0n) is 12.0. The van der Waals surface area contributed by atoms with Crippen LogP contribution in [0.3, 0.4) is 0 Å². The summed E-state index contributed by atoms with van der Waals surface area (Å²) in [6.07, 6.45) is 3.69. The molecule has 0 radical (unpaired) electrons. The van der Waals surface area contributed by atoms with E-state index in [2.05, 4.69) is 27.9 Å². The van der Waals surface area contributed by atoms with Crippen LogP contribution < -0.4 is 10.6 Å². The van der Waals surface area contributed by atoms with Gasteiger partial charge in [-0.3, -0.25) is 4.79 Å². The highest BCUT2D eigenvalue weighted by Gasteiger charge is 2.21. The molecule has 1 aromatic carbocycles. The van der Waals surface area contributed by atoms with Gasteiger partial charge < -0.3 is 10.6 Å². The summed E-state index contributed by atoms with van der Waals surface area (Å²) in [7, 11) is 0. The van der Waals surface area contributed by atoms with Crippen molar-refractivity contribution in [3.63, 3.8) is 0 Å². The maximum Gasteiger partial charge on any atom is 0.277 e. The third-order valence-corrected chi connectivity index (χ3v) is 3.66. The summed E-state index contributed by atoms with van der Waals surface area (Å²) in [5.41, 5.74) is 2.35. The number of para-hydroxylation sites is 1. The summed E-state index contributed by atoms with van der Waals surface area (Å²) in [6.45, 7) is 3.88. The lowest BCUT2D eigenvalue weighted by atomic mass is 10.1. The molecule has 1 aliphatic heterocycles. The average molecular weight is 285 g/mol. The molecule has 2 heterocycles. The first kappa shape index (κ1) is 13.8. The van der Waals surface area contributed by atoms with E-state index >= 15 is 0 Å². The molecule has 2 N–H and O–H groups in total. The Balaban J connectivity index is 1.72. The van der Waals surface area contributed by atoms with Crippen molar-refractivity contribution in [3.8, 4) is 0 Å². The van der Waals surface area contributed by atoms with Crippen LogP contribution in [0.4, 0.5) is 5.69 Å². The van der Waals surface area contributed by atoms with Crippen molar-refractivity contribution in [1.29, 1.82) is 0 Å². The Morgan fingerprint density at radius 2 is 2.24 bits per heavy atom. The van der Waals surface area contributed by atoms with Gasteiger partial charge in [-0.2, -0.15) is 0 Å². The molecule has 0 unspecified atom stereocenters. The summed E-state index contributed by atoms with van der Waals surface area (Å²) in [5.74, 6) is -0.211. The normalized spacial score (nSPS) is 14.7. The minimum absolute atomic E-state index is 0.211. The average Bonchev–Trinajstić information content (AvgIpc) is 2.89. The second kappa shape index (κ2) is 6.05. The summed E-state index contributed by atoms with van der Waals surface area (Å²) in [4.78, 5) is 12.3. The molecular weight excluding hydrogens is 266 g/mol. The smallest absolute Gasteiger partial charge is 0.277 e. The summed E-state index contributed by atoms with van der Waals surface area (Å²) >= 11 is 0. The number of benzene rings is 1. The van der Waals surface area contributed by atoms with Gasteiger partial charge >= 0.3 is 0 Å². The lowest BCUT2D eigenvalue weighted by molar-refractivity contribution is 0.102. The molecule has 6 nitrogen and oxygen atoms in total. The monoisotopic (exact) mass is 285 g/mol. The van der Waals surface area contributed by atoms with E-state index in [1.807, 2.05) is 24.3 Å². The first-order valence-electron chi connectivity index (χ1n) is 7.29. The molecule has 21 heavy (non-hydrogen) atoms. The van der Waals surface area contributed by atoms with Gasteiger partial charge in [0.15, 0.2) is 5.69 Å². The molecule has 1 amide bonds. The van der Waals surface area contributed by atoms with Crippen molar-refractivity contribution >= 4 is 11.6 Å². The number of nitrogens with zero attached hydrogens (tertiary/aromatic N) is 3. The summed E-state index contributed by atoms with van der Waals surface area (Å²) in [5, 5.41) is 14.1. The molecule has 0 saturated carbocycles. The number of rotatable bonds is 5. The van der Waals surface area contributed by atoms with E-state index in [1.165, 1.54) is 0 Å². The molecule has 0 atom stereocenters. The van der Waals surface area contributed by atoms with Crippen LogP contribution in [0.25, 0.3) is 0 Å². The highest BCUT2D eigenvalue weighted by molar-refractivity contribution is 6.03. The number of amides is 1. The van der Waals surface area contributed by atoms with E-state index in [9.17, 15) is 4.79 Å². The number of hydrogen-bond donors (Lipinski definition) is 2. The third kappa shape index (κ3) is 2.95. The highest BCUT2D eigenvalue weighted by atomic mass is 16.2. The molecule has 0 spiro atoms. The van der Waals surface area contributed by atoms with Gasteiger partial charge in [0.1, 0.15) is 0 Å². The standard InChI is InChI=1S/C15H19N5O/c1-2-5-11-6-3-4-7-13(11)17-15(21)14-10-20(19-18-14)12-8-16-9-12/h3-4,6-7,10,12,16H,2,5,8-9H2,1H3,(H,17,21). The molecule has 0 aliphatic carbocycles. The maximum atomic E-state index is 12.3. The zero-order chi connectivity index (χ0) is 14.7. The Bertz CT molecular complexity index is 632. The molecule has 3 rings (SSSR count). The number of nitrogens with one attached hydrogen (secondary N) is 2. The van der Waals surface area contributed by atoms with Crippen molar-refractivity contribution in [3.05, 3.63) is 41.7 Å². The fourth-order valence-electron chi connectivity index (χ4n) is 2.34. The van der Waals surface area contributed by atoms with Gasteiger partial charge in [0.05, 0.1) is 12.2 Å². The fourth-order valence-corrected chi connectivity index (χ4v) is 2.34. The predicted molar refractivity (Wildman–Crippen MR) is 80.3 cm³/mol. The van der Waals surface area contributed by atoms with Gasteiger partial charge in [0, 0.05) is 18.8 Å². The van der Waals surface area contributed by atoms with Gasteiger partial charge in [-0.05, 0) is 18.1 Å². The minimum atomic E-state index is -0.211. The molecule has 6 heteroatoms. The zero-order valence-corrected chi connectivity index (χ0v) is 12.0. The van der Waals surface area contributed by atoms with Crippen LogP contribution in [-0.2, 0) is 6.42 Å². The van der Waals surface area contributed by atoms with Crippen LogP contribution in [0.2, 0.25) is 0 Å². The summed E-state index contributed by atoms with van der Waals surface area (Å²) < 4.78 is 1.75. The van der Waals surface area contributed by atoms with Crippen molar-refractivity contribution in [1.82, 2.24) is 20.3 Å². The second-order valence-corrected chi connectivity index (χ2v) is 5.26. The molecule has 2 aromatic rings. The van der Waals surface area contributed by atoms with E-state index < -0.39 is 0 Å². The fraction of sp³-hybridized carbons (Fsp3) is 0.400. The van der Waals surface area contributed by atoms with Gasteiger partial charge in [0.2, 0.25) is 0 Å². The molecule has 0 bridgehead atoms. The van der Waals surface area contributed by atoms with Gasteiger partial charge in [0.25, 0.3) is 5.91 Å². The lowest BCUT2D eigenvalue weighted by Crippen LogP contribution is -2.43. The lowest BCUT2D eigenvalue weighted by Gasteiger charge is -2.26. The van der Waals surface area contributed by atoms with E-state index in [-0.39, 0.29) is 5.91 Å². The summed E-state index contributed by atoms with van der Waals surface area (Å²) in [6, 6.07) is 8.18. The van der Waals surface area contributed by atoms with Gasteiger partial charge in [-0.1, -0.05) is 36.8 Å². The van der Waals surface area contributed by atoms with Crippen molar-refractivity contribution in [2.45, 2.75) is 25.8 Å². The van der Waals surface area contributed by atoms with Gasteiger partial charge in [-0.15, -0.1) is 5.10 Å². The number of aromatic nitrogens is 3. The van der Waals surface area contributed by atoms with Crippen LogP contribution in [0, 0.1) is 0 Å². The van der Waals surface area contributed by atoms with Crippen LogP contribution in [-0.4, -0.2) is 34.0 Å². The maximum absolute atomic E-state index is 12.3. The third-order valence-electron chi connectivity index (χ3n) is 3.66. The number of aryl methyl sites for hydroxylation is 1. The van der Waals surface area contributed by atoms with Crippen molar-refractivity contribution < 1.29 is 4.79 Å². The number of carbonyl (C=O) groups is 1. The Labute approximate surface area is 123 Å². The van der Waals surface area contributed by atoms with Gasteiger partial charge in [-0.25, -0.2) is 4.68 Å². The first-order valence-corrected chi connectivity index (χ1v) is 7.29. The largest absolute Gasteiger partial charge is 0.320 e. The Kier molecular flexibility index (Phi) is 3.96. The SMILES string of the molecule is CCCc1ccccc1NC(=O)c1cn(C2CNC2)nn1. The molecule has 110 valence electrons. The van der Waals surface area contributed by atoms with Crippen LogP contribution >= 0.6 is 0 Å². The first-order chi connectivity index (χ1) is 10.3. The highest BCUT2D eigenvalue weighted by Crippen LogP contribution is 2.18. The topological polar surface area (TPSA) is 71.8 Å². The van der Waals surface area contributed by atoms with Crippen molar-refractivity contribution in [2.24, 2.45) is 0 Å². The number of hydrogen-bond acceptors (Lipinski definition) is 4. The quantitative estimate of drug-likeness (QED) is 0.876. The molecule has 1 saturated heterocycles. The van der Waals surface area contributed by atoms with Crippen LogP contribution in [0.5, 0.6) is 0 Å². The van der Waals surface area contributed by atoms with E-state index in [4.69, 9.17) is 0 Å². The minimum Gasteiger partial charge on any atom is -0.320 e. The molecular formula is C15H19N5O. The van der Waals surface area contributed by atoms with E-state index in [1.54, 1.807) is 10.9 Å². The van der Waals surface area contributed by atoms with Crippen molar-refractivity contribution in [2.75, 3.05) is 18.4 Å². The Morgan fingerprint density at radius 3 is 2.95 bits per heavy atom. The number of anilines is 1. The van der Waals surface area contributed by atoms with Crippen LogP contribution in [0.15, 0.2) is 30.5 Å².